The first-order valence-corrected chi connectivity index (χ1v) is 19.4. The van der Waals surface area contributed by atoms with E-state index in [9.17, 15) is 0 Å². The van der Waals surface area contributed by atoms with Crippen molar-refractivity contribution in [3.8, 4) is 78.4 Å². The molecule has 0 saturated carbocycles. The maximum atomic E-state index is 5.34. The second kappa shape index (κ2) is 14.1. The van der Waals surface area contributed by atoms with Gasteiger partial charge in [0, 0.05) is 36.9 Å². The molecule has 0 unspecified atom stereocenters. The molecular formula is C52H34N2S. The lowest BCUT2D eigenvalue weighted by Gasteiger charge is -2.14. The first-order chi connectivity index (χ1) is 27.2. The summed E-state index contributed by atoms with van der Waals surface area (Å²) in [5.74, 6) is 0.691. The zero-order valence-electron chi connectivity index (χ0n) is 29.9. The fraction of sp³-hybridized carbons (Fsp3) is 0. The van der Waals surface area contributed by atoms with Gasteiger partial charge in [0.05, 0.1) is 11.4 Å². The molecule has 0 amide bonds. The zero-order chi connectivity index (χ0) is 36.6. The highest BCUT2D eigenvalue weighted by Crippen LogP contribution is 2.39. The highest BCUT2D eigenvalue weighted by molar-refractivity contribution is 7.25. The van der Waals surface area contributed by atoms with Crippen LogP contribution in [0.5, 0.6) is 0 Å². The maximum Gasteiger partial charge on any atom is 0.160 e. The topological polar surface area (TPSA) is 25.8 Å². The largest absolute Gasteiger partial charge is 0.228 e. The van der Waals surface area contributed by atoms with Gasteiger partial charge in [-0.15, -0.1) is 11.3 Å². The molecule has 10 aromatic rings. The molecule has 0 radical (unpaired) electrons. The third kappa shape index (κ3) is 6.52. The molecule has 0 fully saturated rings. The Balaban J connectivity index is 1.15. The lowest BCUT2D eigenvalue weighted by Crippen LogP contribution is -1.97. The lowest BCUT2D eigenvalue weighted by atomic mass is 9.94. The van der Waals surface area contributed by atoms with Crippen LogP contribution < -0.4 is 0 Å². The van der Waals surface area contributed by atoms with Crippen LogP contribution in [0.4, 0.5) is 0 Å². The summed E-state index contributed by atoms with van der Waals surface area (Å²) < 4.78 is 2.59. The Morgan fingerprint density at radius 2 is 0.691 bits per heavy atom. The summed E-state index contributed by atoms with van der Waals surface area (Å²) in [6.07, 6.45) is 0. The van der Waals surface area contributed by atoms with Crippen molar-refractivity contribution >= 4 is 31.5 Å². The van der Waals surface area contributed by atoms with Crippen molar-refractivity contribution in [1.29, 1.82) is 0 Å². The average molecular weight is 719 g/mol. The number of benzene rings is 8. The molecule has 2 heterocycles. The van der Waals surface area contributed by atoms with Gasteiger partial charge < -0.3 is 0 Å². The van der Waals surface area contributed by atoms with Crippen LogP contribution in [0.2, 0.25) is 0 Å². The molecule has 0 bridgehead atoms. The fourth-order valence-corrected chi connectivity index (χ4v) is 8.59. The molecule has 0 spiro atoms. The first-order valence-electron chi connectivity index (χ1n) is 18.6. The van der Waals surface area contributed by atoms with Crippen LogP contribution in [0.25, 0.3) is 98.6 Å². The highest BCUT2D eigenvalue weighted by atomic mass is 32.1. The van der Waals surface area contributed by atoms with Crippen LogP contribution in [0, 0.1) is 0 Å². The Kier molecular flexibility index (Phi) is 8.40. The van der Waals surface area contributed by atoms with Gasteiger partial charge in [0.15, 0.2) is 5.82 Å². The van der Waals surface area contributed by atoms with Gasteiger partial charge in [0.1, 0.15) is 0 Å². The van der Waals surface area contributed by atoms with E-state index in [2.05, 4.69) is 200 Å². The summed E-state index contributed by atoms with van der Waals surface area (Å²) in [6.45, 7) is 0. The fourth-order valence-electron chi connectivity index (χ4n) is 7.45. The Hall–Kier alpha value is -6.94. The van der Waals surface area contributed by atoms with Crippen LogP contribution in [0.1, 0.15) is 0 Å². The standard InChI is InChI=1S/C52H34N2S/c1-4-13-35(14-5-1)38-23-25-39(26-24-38)48-34-49(54-52(53-48)42-20-12-19-40(29-42)36-15-6-2-7-16-36)45-31-43(37-17-8-3-9-18-37)30-44(32-45)41-27-28-47-46-21-10-11-22-50(46)55-51(47)33-41/h1-34H. The molecule has 55 heavy (non-hydrogen) atoms. The third-order valence-corrected chi connectivity index (χ3v) is 11.4. The minimum atomic E-state index is 0.691. The third-order valence-electron chi connectivity index (χ3n) is 10.3. The van der Waals surface area contributed by atoms with Crippen molar-refractivity contribution in [3.05, 3.63) is 206 Å². The number of thiophene rings is 1. The van der Waals surface area contributed by atoms with E-state index in [4.69, 9.17) is 9.97 Å². The van der Waals surface area contributed by atoms with Crippen molar-refractivity contribution in [2.45, 2.75) is 0 Å². The molecule has 0 aliphatic rings. The molecule has 0 atom stereocenters. The van der Waals surface area contributed by atoms with Crippen LogP contribution in [-0.2, 0) is 0 Å². The van der Waals surface area contributed by atoms with Gasteiger partial charge in [-0.05, 0) is 87.0 Å². The molecule has 8 aromatic carbocycles. The van der Waals surface area contributed by atoms with Gasteiger partial charge in [0.2, 0.25) is 0 Å². The van der Waals surface area contributed by atoms with E-state index in [1.54, 1.807) is 0 Å². The molecule has 258 valence electrons. The lowest BCUT2D eigenvalue weighted by molar-refractivity contribution is 1.18. The SMILES string of the molecule is c1ccc(-c2ccc(-c3cc(-c4cc(-c5ccccc5)cc(-c5ccc6c(c5)sc5ccccc56)c4)nc(-c4cccc(-c5ccccc5)c4)n3)cc2)cc1. The van der Waals surface area contributed by atoms with Crippen molar-refractivity contribution in [2.24, 2.45) is 0 Å². The summed E-state index contributed by atoms with van der Waals surface area (Å²) in [5, 5.41) is 2.60. The molecule has 10 rings (SSSR count). The number of hydrogen-bond acceptors (Lipinski definition) is 3. The number of fused-ring (bicyclic) bond motifs is 3. The van der Waals surface area contributed by atoms with E-state index in [0.29, 0.717) is 5.82 Å². The van der Waals surface area contributed by atoms with Crippen molar-refractivity contribution in [1.82, 2.24) is 9.97 Å². The molecule has 3 heteroatoms. The van der Waals surface area contributed by atoms with E-state index in [0.717, 1.165) is 55.9 Å². The van der Waals surface area contributed by atoms with Gasteiger partial charge >= 0.3 is 0 Å². The predicted octanol–water partition coefficient (Wildman–Crippen LogP) is 14.5. The zero-order valence-corrected chi connectivity index (χ0v) is 30.7. The quantitative estimate of drug-likeness (QED) is 0.164. The van der Waals surface area contributed by atoms with E-state index < -0.39 is 0 Å². The summed E-state index contributed by atoms with van der Waals surface area (Å²) in [6, 6.07) is 73.4. The van der Waals surface area contributed by atoms with Crippen molar-refractivity contribution in [3.63, 3.8) is 0 Å². The van der Waals surface area contributed by atoms with E-state index in [1.165, 1.54) is 36.9 Å². The van der Waals surface area contributed by atoms with Gasteiger partial charge in [0.25, 0.3) is 0 Å². The summed E-state index contributed by atoms with van der Waals surface area (Å²) in [4.78, 5) is 10.6. The monoisotopic (exact) mass is 718 g/mol. The van der Waals surface area contributed by atoms with Gasteiger partial charge in [-0.25, -0.2) is 9.97 Å². The van der Waals surface area contributed by atoms with Crippen LogP contribution >= 0.6 is 11.3 Å². The second-order valence-electron chi connectivity index (χ2n) is 13.8. The normalized spacial score (nSPS) is 11.3. The maximum absolute atomic E-state index is 5.34. The summed E-state index contributed by atoms with van der Waals surface area (Å²) in [5.41, 5.74) is 14.1. The molecule has 0 N–H and O–H groups in total. The smallest absolute Gasteiger partial charge is 0.160 e. The number of aromatic nitrogens is 2. The van der Waals surface area contributed by atoms with Crippen LogP contribution in [-0.4, -0.2) is 9.97 Å². The van der Waals surface area contributed by atoms with Gasteiger partial charge in [-0.2, -0.15) is 0 Å². The molecule has 0 aliphatic carbocycles. The molecule has 0 aliphatic heterocycles. The summed E-state index contributed by atoms with van der Waals surface area (Å²) >= 11 is 1.85. The van der Waals surface area contributed by atoms with Crippen LogP contribution in [0.3, 0.4) is 0 Å². The Labute approximate surface area is 324 Å². The van der Waals surface area contributed by atoms with E-state index in [1.807, 2.05) is 17.4 Å². The Bertz CT molecular complexity index is 2950. The Morgan fingerprint density at radius 3 is 1.40 bits per heavy atom. The van der Waals surface area contributed by atoms with Crippen molar-refractivity contribution < 1.29 is 0 Å². The number of rotatable bonds is 7. The Morgan fingerprint density at radius 1 is 0.255 bits per heavy atom. The predicted molar refractivity (Wildman–Crippen MR) is 233 cm³/mol. The molecule has 2 nitrogen and oxygen atoms in total. The first kappa shape index (κ1) is 32.7. The van der Waals surface area contributed by atoms with Crippen LogP contribution in [0.15, 0.2) is 206 Å². The molecular weight excluding hydrogens is 685 g/mol. The number of hydrogen-bond donors (Lipinski definition) is 0. The number of nitrogens with zero attached hydrogens (tertiary/aromatic N) is 2. The minimum absolute atomic E-state index is 0.691. The molecule has 0 saturated heterocycles. The van der Waals surface area contributed by atoms with Gasteiger partial charge in [-0.3, -0.25) is 0 Å². The average Bonchev–Trinajstić information content (AvgIpc) is 3.65. The van der Waals surface area contributed by atoms with Crippen molar-refractivity contribution in [2.75, 3.05) is 0 Å². The van der Waals surface area contributed by atoms with Gasteiger partial charge in [-0.1, -0.05) is 164 Å². The highest BCUT2D eigenvalue weighted by Gasteiger charge is 2.15. The molecule has 2 aromatic heterocycles. The van der Waals surface area contributed by atoms with E-state index >= 15 is 0 Å². The minimum Gasteiger partial charge on any atom is -0.228 e. The van der Waals surface area contributed by atoms with E-state index in [-0.39, 0.29) is 0 Å². The second-order valence-corrected chi connectivity index (χ2v) is 14.9. The summed E-state index contributed by atoms with van der Waals surface area (Å²) in [7, 11) is 0.